The summed E-state index contributed by atoms with van der Waals surface area (Å²) < 4.78 is 44.4. The standard InChI is InChI=1S/C11H15FN2O3S/c1-14(9-4-7-17-8-5-9)18(15,16)11-10(12)3-2-6-13-11/h2-3,6,9H,4-5,7-8H2,1H3. The van der Waals surface area contributed by atoms with Gasteiger partial charge in [0.15, 0.2) is 5.82 Å². The van der Waals surface area contributed by atoms with E-state index in [-0.39, 0.29) is 6.04 Å². The summed E-state index contributed by atoms with van der Waals surface area (Å²) >= 11 is 0. The lowest BCUT2D eigenvalue weighted by Gasteiger charge is -2.30. The molecule has 1 fully saturated rings. The number of hydrogen-bond acceptors (Lipinski definition) is 4. The smallest absolute Gasteiger partial charge is 0.263 e. The van der Waals surface area contributed by atoms with Crippen LogP contribution in [-0.2, 0) is 14.8 Å². The largest absolute Gasteiger partial charge is 0.381 e. The van der Waals surface area contributed by atoms with Crippen LogP contribution in [0.15, 0.2) is 23.4 Å². The van der Waals surface area contributed by atoms with Gasteiger partial charge in [0.1, 0.15) is 0 Å². The van der Waals surface area contributed by atoms with Crippen molar-refractivity contribution in [3.63, 3.8) is 0 Å². The minimum absolute atomic E-state index is 0.162. The van der Waals surface area contributed by atoms with Crippen LogP contribution in [0.4, 0.5) is 4.39 Å². The van der Waals surface area contributed by atoms with Crippen molar-refractivity contribution in [2.45, 2.75) is 23.9 Å². The van der Waals surface area contributed by atoms with Crippen molar-refractivity contribution in [2.24, 2.45) is 0 Å². The van der Waals surface area contributed by atoms with Gasteiger partial charge < -0.3 is 4.74 Å². The molecule has 0 spiro atoms. The van der Waals surface area contributed by atoms with E-state index < -0.39 is 20.9 Å². The zero-order valence-corrected chi connectivity index (χ0v) is 10.9. The molecule has 7 heteroatoms. The van der Waals surface area contributed by atoms with Gasteiger partial charge in [0.25, 0.3) is 10.0 Å². The van der Waals surface area contributed by atoms with E-state index in [1.165, 1.54) is 23.6 Å². The molecule has 5 nitrogen and oxygen atoms in total. The minimum Gasteiger partial charge on any atom is -0.381 e. The van der Waals surface area contributed by atoms with Crippen molar-refractivity contribution < 1.29 is 17.5 Å². The minimum atomic E-state index is -3.88. The molecule has 0 aromatic carbocycles. The lowest BCUT2D eigenvalue weighted by atomic mass is 10.1. The number of ether oxygens (including phenoxy) is 1. The second kappa shape index (κ2) is 5.29. The molecule has 18 heavy (non-hydrogen) atoms. The van der Waals surface area contributed by atoms with Gasteiger partial charge in [-0.15, -0.1) is 0 Å². The maximum atomic E-state index is 13.5. The Labute approximate surface area is 106 Å². The molecule has 1 aliphatic rings. The molecule has 0 N–H and O–H groups in total. The van der Waals surface area contributed by atoms with Crippen LogP contribution in [0, 0.1) is 5.82 Å². The number of hydrogen-bond donors (Lipinski definition) is 0. The predicted molar refractivity (Wildman–Crippen MR) is 63.0 cm³/mol. The molecule has 0 atom stereocenters. The average Bonchev–Trinajstić information content (AvgIpc) is 2.39. The summed E-state index contributed by atoms with van der Waals surface area (Å²) in [5, 5.41) is -0.515. The molecule has 0 amide bonds. The second-order valence-electron chi connectivity index (χ2n) is 4.16. The van der Waals surface area contributed by atoms with Crippen LogP contribution in [0.1, 0.15) is 12.8 Å². The number of nitrogens with zero attached hydrogens (tertiary/aromatic N) is 2. The predicted octanol–water partition coefficient (Wildman–Crippen LogP) is 1.02. The van der Waals surface area contributed by atoms with Crippen LogP contribution in [0.25, 0.3) is 0 Å². The molecule has 1 aliphatic heterocycles. The van der Waals surface area contributed by atoms with Gasteiger partial charge in [-0.1, -0.05) is 0 Å². The summed E-state index contributed by atoms with van der Waals surface area (Å²) in [5.41, 5.74) is 0. The lowest BCUT2D eigenvalue weighted by molar-refractivity contribution is 0.0631. The van der Waals surface area contributed by atoms with E-state index in [0.29, 0.717) is 26.1 Å². The van der Waals surface area contributed by atoms with Gasteiger partial charge in [0, 0.05) is 32.5 Å². The molecule has 0 aliphatic carbocycles. The van der Waals surface area contributed by atoms with Gasteiger partial charge in [0.2, 0.25) is 5.03 Å². The highest BCUT2D eigenvalue weighted by Gasteiger charge is 2.32. The quantitative estimate of drug-likeness (QED) is 0.825. The van der Waals surface area contributed by atoms with Gasteiger partial charge in [-0.2, -0.15) is 4.31 Å². The SMILES string of the molecule is CN(C1CCOCC1)S(=O)(=O)c1ncccc1F. The Morgan fingerprint density at radius 1 is 1.44 bits per heavy atom. The molecule has 0 saturated carbocycles. The molecular weight excluding hydrogens is 259 g/mol. The van der Waals surface area contributed by atoms with Crippen LogP contribution < -0.4 is 0 Å². The number of pyridine rings is 1. The second-order valence-corrected chi connectivity index (χ2v) is 6.07. The zero-order chi connectivity index (χ0) is 13.2. The summed E-state index contributed by atoms with van der Waals surface area (Å²) in [7, 11) is -2.42. The Hall–Kier alpha value is -1.05. The molecule has 100 valence electrons. The first-order chi connectivity index (χ1) is 8.53. The number of rotatable bonds is 3. The molecule has 0 bridgehead atoms. The Kier molecular flexibility index (Phi) is 3.94. The highest BCUT2D eigenvalue weighted by atomic mass is 32.2. The van der Waals surface area contributed by atoms with E-state index in [1.807, 2.05) is 0 Å². The van der Waals surface area contributed by atoms with Crippen LogP contribution in [0.5, 0.6) is 0 Å². The van der Waals surface area contributed by atoms with Crippen molar-refractivity contribution in [1.29, 1.82) is 0 Å². The molecular formula is C11H15FN2O3S. The molecule has 1 aromatic rings. The average molecular weight is 274 g/mol. The molecule has 0 radical (unpaired) electrons. The van der Waals surface area contributed by atoms with Crippen LogP contribution in [0.2, 0.25) is 0 Å². The highest BCUT2D eigenvalue weighted by molar-refractivity contribution is 7.89. The van der Waals surface area contributed by atoms with Crippen LogP contribution in [-0.4, -0.2) is 44.0 Å². The zero-order valence-electron chi connectivity index (χ0n) is 10.0. The summed E-state index contributed by atoms with van der Waals surface area (Å²) in [4.78, 5) is 3.63. The first kappa shape index (κ1) is 13.4. The Morgan fingerprint density at radius 2 is 2.11 bits per heavy atom. The van der Waals surface area contributed by atoms with Crippen molar-refractivity contribution in [3.8, 4) is 0 Å². The highest BCUT2D eigenvalue weighted by Crippen LogP contribution is 2.21. The van der Waals surface area contributed by atoms with Crippen molar-refractivity contribution >= 4 is 10.0 Å². The van der Waals surface area contributed by atoms with Gasteiger partial charge in [-0.05, 0) is 25.0 Å². The fourth-order valence-electron chi connectivity index (χ4n) is 1.94. The van der Waals surface area contributed by atoms with E-state index >= 15 is 0 Å². The van der Waals surface area contributed by atoms with E-state index in [9.17, 15) is 12.8 Å². The Bertz CT molecular complexity index is 515. The summed E-state index contributed by atoms with van der Waals surface area (Å²) in [5.74, 6) is -0.823. The topological polar surface area (TPSA) is 59.5 Å². The van der Waals surface area contributed by atoms with Crippen molar-refractivity contribution in [1.82, 2.24) is 9.29 Å². The lowest BCUT2D eigenvalue weighted by Crippen LogP contribution is -2.41. The van der Waals surface area contributed by atoms with E-state index in [0.717, 1.165) is 6.07 Å². The third kappa shape index (κ3) is 2.52. The van der Waals surface area contributed by atoms with Gasteiger partial charge in [-0.25, -0.2) is 17.8 Å². The number of halogens is 1. The van der Waals surface area contributed by atoms with Gasteiger partial charge in [-0.3, -0.25) is 0 Å². The monoisotopic (exact) mass is 274 g/mol. The summed E-state index contributed by atoms with van der Waals surface area (Å²) in [6.07, 6.45) is 2.50. The fourth-order valence-corrected chi connectivity index (χ4v) is 3.33. The molecule has 0 unspecified atom stereocenters. The molecule has 1 saturated heterocycles. The first-order valence-electron chi connectivity index (χ1n) is 5.70. The van der Waals surface area contributed by atoms with E-state index in [1.54, 1.807) is 0 Å². The van der Waals surface area contributed by atoms with E-state index in [2.05, 4.69) is 4.98 Å². The normalized spacial score (nSPS) is 18.2. The molecule has 2 rings (SSSR count). The number of sulfonamides is 1. The summed E-state index contributed by atoms with van der Waals surface area (Å²) in [6, 6.07) is 2.30. The maximum Gasteiger partial charge on any atom is 0.263 e. The van der Waals surface area contributed by atoms with E-state index in [4.69, 9.17) is 4.74 Å². The fraction of sp³-hybridized carbons (Fsp3) is 0.545. The third-order valence-corrected chi connectivity index (χ3v) is 4.90. The first-order valence-corrected chi connectivity index (χ1v) is 7.14. The Balaban J connectivity index is 2.28. The third-order valence-electron chi connectivity index (χ3n) is 3.05. The Morgan fingerprint density at radius 3 is 2.72 bits per heavy atom. The molecule has 2 heterocycles. The van der Waals surface area contributed by atoms with Gasteiger partial charge in [0.05, 0.1) is 0 Å². The van der Waals surface area contributed by atoms with Crippen LogP contribution in [0.3, 0.4) is 0 Å². The van der Waals surface area contributed by atoms with Crippen LogP contribution >= 0.6 is 0 Å². The van der Waals surface area contributed by atoms with Gasteiger partial charge >= 0.3 is 0 Å². The van der Waals surface area contributed by atoms with Crippen molar-refractivity contribution in [2.75, 3.05) is 20.3 Å². The van der Waals surface area contributed by atoms with Crippen molar-refractivity contribution in [3.05, 3.63) is 24.1 Å². The maximum absolute atomic E-state index is 13.5. The number of aromatic nitrogens is 1. The molecule has 1 aromatic heterocycles. The summed E-state index contributed by atoms with van der Waals surface area (Å²) in [6.45, 7) is 1.05.